The van der Waals surface area contributed by atoms with Crippen LogP contribution in [0.4, 0.5) is 5.69 Å². The molecule has 2 aromatic rings. The summed E-state index contributed by atoms with van der Waals surface area (Å²) in [7, 11) is 0. The van der Waals surface area contributed by atoms with Crippen molar-refractivity contribution >= 4 is 23.4 Å². The first-order chi connectivity index (χ1) is 12.5. The summed E-state index contributed by atoms with van der Waals surface area (Å²) >= 11 is 0. The number of rotatable bonds is 2. The lowest BCUT2D eigenvalue weighted by Gasteiger charge is -2.32. The summed E-state index contributed by atoms with van der Waals surface area (Å²) in [5.74, 6) is -0.0907. The molecule has 132 valence electrons. The number of benzene rings is 2. The molecule has 2 aromatic carbocycles. The number of hydrogen-bond donors (Lipinski definition) is 0. The maximum absolute atomic E-state index is 12.6. The van der Waals surface area contributed by atoms with E-state index in [0.29, 0.717) is 22.7 Å². The zero-order valence-electron chi connectivity index (χ0n) is 14.1. The predicted molar refractivity (Wildman–Crippen MR) is 92.1 cm³/mol. The molecular weight excluding hydrogens is 336 g/mol. The maximum Gasteiger partial charge on any atom is 0.260 e. The highest BCUT2D eigenvalue weighted by Crippen LogP contribution is 2.36. The molecule has 0 saturated carbocycles. The van der Waals surface area contributed by atoms with Gasteiger partial charge in [-0.3, -0.25) is 19.3 Å². The van der Waals surface area contributed by atoms with E-state index < -0.39 is 11.8 Å². The van der Waals surface area contributed by atoms with Gasteiger partial charge in [0.1, 0.15) is 13.1 Å². The number of ether oxygens (including phenoxy) is 2. The van der Waals surface area contributed by atoms with Crippen molar-refractivity contribution in [2.45, 2.75) is 6.92 Å². The standard InChI is InChI=1S/C19H16N2O5/c1-12-2-4-13(5-3-12)19(24)21-10-17(22)20(9-18(21)23)14-6-7-15-16(8-14)26-11-25-15/h2-8H,9-11H2,1H3. The highest BCUT2D eigenvalue weighted by atomic mass is 16.7. The molecule has 0 aromatic heterocycles. The number of fused-ring (bicyclic) bond motifs is 1. The molecule has 0 unspecified atom stereocenters. The van der Waals surface area contributed by atoms with E-state index in [-0.39, 0.29) is 25.8 Å². The van der Waals surface area contributed by atoms with E-state index in [2.05, 4.69) is 0 Å². The molecule has 0 radical (unpaired) electrons. The molecular formula is C19H16N2O5. The third kappa shape index (κ3) is 2.77. The zero-order chi connectivity index (χ0) is 18.3. The van der Waals surface area contributed by atoms with E-state index in [0.717, 1.165) is 10.5 Å². The Kier molecular flexibility index (Phi) is 3.84. The average Bonchev–Trinajstić information content (AvgIpc) is 3.11. The van der Waals surface area contributed by atoms with Crippen LogP contribution >= 0.6 is 0 Å². The Morgan fingerprint density at radius 2 is 1.65 bits per heavy atom. The molecule has 0 N–H and O–H groups in total. The molecule has 7 heteroatoms. The highest BCUT2D eigenvalue weighted by molar-refractivity contribution is 6.14. The van der Waals surface area contributed by atoms with Gasteiger partial charge in [-0.25, -0.2) is 0 Å². The van der Waals surface area contributed by atoms with Crippen molar-refractivity contribution in [2.75, 3.05) is 24.8 Å². The van der Waals surface area contributed by atoms with Gasteiger partial charge in [-0.15, -0.1) is 0 Å². The summed E-state index contributed by atoms with van der Waals surface area (Å²) in [6.07, 6.45) is 0. The Morgan fingerprint density at radius 1 is 0.923 bits per heavy atom. The van der Waals surface area contributed by atoms with Gasteiger partial charge in [0.2, 0.25) is 18.6 Å². The monoisotopic (exact) mass is 352 g/mol. The van der Waals surface area contributed by atoms with Crippen LogP contribution in [0.15, 0.2) is 42.5 Å². The van der Waals surface area contributed by atoms with Crippen LogP contribution in [0.1, 0.15) is 15.9 Å². The normalized spacial score (nSPS) is 16.2. The molecule has 0 spiro atoms. The minimum Gasteiger partial charge on any atom is -0.454 e. The molecule has 26 heavy (non-hydrogen) atoms. The SMILES string of the molecule is Cc1ccc(C(=O)N2CC(=O)N(c3ccc4c(c3)OCO4)CC2=O)cc1. The van der Waals surface area contributed by atoms with Gasteiger partial charge in [-0.05, 0) is 31.2 Å². The Labute approximate surface area is 149 Å². The molecule has 3 amide bonds. The lowest BCUT2D eigenvalue weighted by atomic mass is 10.1. The topological polar surface area (TPSA) is 76.2 Å². The fourth-order valence-electron chi connectivity index (χ4n) is 2.94. The first-order valence-corrected chi connectivity index (χ1v) is 8.14. The third-order valence-corrected chi connectivity index (χ3v) is 4.40. The largest absolute Gasteiger partial charge is 0.454 e. The smallest absolute Gasteiger partial charge is 0.260 e. The van der Waals surface area contributed by atoms with E-state index in [4.69, 9.17) is 9.47 Å². The molecule has 2 heterocycles. The van der Waals surface area contributed by atoms with Crippen LogP contribution in [0, 0.1) is 6.92 Å². The molecule has 7 nitrogen and oxygen atoms in total. The molecule has 4 rings (SSSR count). The number of imide groups is 1. The number of carbonyl (C=O) groups excluding carboxylic acids is 3. The van der Waals surface area contributed by atoms with Crippen LogP contribution in [-0.4, -0.2) is 42.5 Å². The molecule has 1 fully saturated rings. The second-order valence-corrected chi connectivity index (χ2v) is 6.17. The lowest BCUT2D eigenvalue weighted by molar-refractivity contribution is -0.135. The van der Waals surface area contributed by atoms with Crippen molar-refractivity contribution in [2.24, 2.45) is 0 Å². The van der Waals surface area contributed by atoms with Gasteiger partial charge in [0.15, 0.2) is 11.5 Å². The van der Waals surface area contributed by atoms with Crippen molar-refractivity contribution in [3.8, 4) is 11.5 Å². The van der Waals surface area contributed by atoms with Crippen molar-refractivity contribution in [3.05, 3.63) is 53.6 Å². The molecule has 0 aliphatic carbocycles. The first-order valence-electron chi connectivity index (χ1n) is 8.14. The number of nitrogens with zero attached hydrogens (tertiary/aromatic N) is 2. The van der Waals surface area contributed by atoms with Crippen LogP contribution in [0.5, 0.6) is 11.5 Å². The van der Waals surface area contributed by atoms with Crippen LogP contribution in [-0.2, 0) is 9.59 Å². The summed E-state index contributed by atoms with van der Waals surface area (Å²) < 4.78 is 10.6. The predicted octanol–water partition coefficient (Wildman–Crippen LogP) is 1.74. The van der Waals surface area contributed by atoms with Gasteiger partial charge in [0.25, 0.3) is 5.91 Å². The molecule has 0 atom stereocenters. The van der Waals surface area contributed by atoms with Gasteiger partial charge < -0.3 is 14.4 Å². The van der Waals surface area contributed by atoms with E-state index >= 15 is 0 Å². The van der Waals surface area contributed by atoms with Crippen molar-refractivity contribution in [1.29, 1.82) is 0 Å². The molecule has 2 aliphatic rings. The fraction of sp³-hybridized carbons (Fsp3) is 0.211. The fourth-order valence-corrected chi connectivity index (χ4v) is 2.94. The second-order valence-electron chi connectivity index (χ2n) is 6.17. The highest BCUT2D eigenvalue weighted by Gasteiger charge is 2.35. The van der Waals surface area contributed by atoms with E-state index in [1.807, 2.05) is 6.92 Å². The number of aryl methyl sites for hydroxylation is 1. The Balaban J connectivity index is 1.54. The molecule has 0 bridgehead atoms. The molecule has 2 aliphatic heterocycles. The van der Waals surface area contributed by atoms with Crippen LogP contribution in [0.2, 0.25) is 0 Å². The number of piperazine rings is 1. The summed E-state index contributed by atoms with van der Waals surface area (Å²) in [6.45, 7) is 1.55. The summed E-state index contributed by atoms with van der Waals surface area (Å²) in [6, 6.07) is 11.9. The van der Waals surface area contributed by atoms with E-state index in [1.165, 1.54) is 4.90 Å². The van der Waals surface area contributed by atoms with Crippen LogP contribution < -0.4 is 14.4 Å². The van der Waals surface area contributed by atoms with Gasteiger partial charge in [0, 0.05) is 17.3 Å². The average molecular weight is 352 g/mol. The number of hydrogen-bond acceptors (Lipinski definition) is 5. The van der Waals surface area contributed by atoms with Gasteiger partial charge >= 0.3 is 0 Å². The Bertz CT molecular complexity index is 907. The minimum absolute atomic E-state index is 0.129. The minimum atomic E-state index is -0.464. The van der Waals surface area contributed by atoms with Crippen LogP contribution in [0.25, 0.3) is 0 Å². The van der Waals surface area contributed by atoms with Crippen molar-refractivity contribution < 1.29 is 23.9 Å². The lowest BCUT2D eigenvalue weighted by Crippen LogP contribution is -2.55. The Morgan fingerprint density at radius 3 is 2.42 bits per heavy atom. The second kappa shape index (κ2) is 6.18. The van der Waals surface area contributed by atoms with Gasteiger partial charge in [-0.2, -0.15) is 0 Å². The quantitative estimate of drug-likeness (QED) is 0.770. The van der Waals surface area contributed by atoms with Crippen molar-refractivity contribution in [1.82, 2.24) is 4.90 Å². The van der Waals surface area contributed by atoms with Crippen LogP contribution in [0.3, 0.4) is 0 Å². The Hall–Kier alpha value is -3.35. The summed E-state index contributed by atoms with van der Waals surface area (Å²) in [5.41, 5.74) is 1.93. The number of anilines is 1. The van der Waals surface area contributed by atoms with E-state index in [9.17, 15) is 14.4 Å². The van der Waals surface area contributed by atoms with Gasteiger partial charge in [0.05, 0.1) is 0 Å². The summed E-state index contributed by atoms with van der Waals surface area (Å²) in [5, 5.41) is 0. The van der Waals surface area contributed by atoms with Crippen molar-refractivity contribution in [3.63, 3.8) is 0 Å². The van der Waals surface area contributed by atoms with E-state index in [1.54, 1.807) is 42.5 Å². The van der Waals surface area contributed by atoms with Gasteiger partial charge in [-0.1, -0.05) is 17.7 Å². The number of carbonyl (C=O) groups is 3. The zero-order valence-corrected chi connectivity index (χ0v) is 14.1. The molecule has 1 saturated heterocycles. The number of amides is 3. The maximum atomic E-state index is 12.6. The first kappa shape index (κ1) is 16.1. The summed E-state index contributed by atoms with van der Waals surface area (Å²) in [4.78, 5) is 40.0. The third-order valence-electron chi connectivity index (χ3n) is 4.40.